The van der Waals surface area contributed by atoms with Crippen LogP contribution in [-0.2, 0) is 4.74 Å². The van der Waals surface area contributed by atoms with Gasteiger partial charge in [-0.05, 0) is 42.9 Å². The Morgan fingerprint density at radius 3 is 2.82 bits per heavy atom. The molecule has 3 heteroatoms. The molecular weight excluding hydrogens is 274 g/mol. The third-order valence-electron chi connectivity index (χ3n) is 4.20. The Balaban J connectivity index is 1.75. The van der Waals surface area contributed by atoms with Crippen molar-refractivity contribution < 1.29 is 9.47 Å². The number of hydrogen-bond donors (Lipinski definition) is 1. The summed E-state index contributed by atoms with van der Waals surface area (Å²) >= 11 is 0. The smallest absolute Gasteiger partial charge is 0.123 e. The van der Waals surface area contributed by atoms with E-state index in [0.29, 0.717) is 17.9 Å². The lowest BCUT2D eigenvalue weighted by atomic mass is 10.0. The normalized spacial score (nSPS) is 19.6. The molecule has 2 rings (SSSR count). The topological polar surface area (TPSA) is 30.5 Å². The van der Waals surface area contributed by atoms with E-state index in [-0.39, 0.29) is 0 Å². The molecule has 0 aliphatic carbocycles. The summed E-state index contributed by atoms with van der Waals surface area (Å²) in [4.78, 5) is 0. The molecular formula is C19H31NO2. The van der Waals surface area contributed by atoms with Crippen LogP contribution in [0.2, 0.25) is 0 Å². The number of aryl methyl sites for hydroxylation is 1. The first-order chi connectivity index (χ1) is 10.6. The van der Waals surface area contributed by atoms with Crippen molar-refractivity contribution in [3.05, 3.63) is 29.3 Å². The second-order valence-corrected chi connectivity index (χ2v) is 6.91. The largest absolute Gasteiger partial charge is 0.493 e. The fourth-order valence-corrected chi connectivity index (χ4v) is 2.83. The maximum Gasteiger partial charge on any atom is 0.123 e. The molecule has 0 bridgehead atoms. The fourth-order valence-electron chi connectivity index (χ4n) is 2.83. The van der Waals surface area contributed by atoms with Gasteiger partial charge in [-0.2, -0.15) is 0 Å². The second kappa shape index (κ2) is 8.54. The maximum atomic E-state index is 6.09. The molecule has 0 amide bonds. The van der Waals surface area contributed by atoms with Crippen LogP contribution < -0.4 is 10.1 Å². The van der Waals surface area contributed by atoms with Gasteiger partial charge in [0.25, 0.3) is 0 Å². The Morgan fingerprint density at radius 2 is 2.14 bits per heavy atom. The summed E-state index contributed by atoms with van der Waals surface area (Å²) in [5.74, 6) is 2.02. The minimum Gasteiger partial charge on any atom is -0.493 e. The monoisotopic (exact) mass is 305 g/mol. The zero-order valence-electron chi connectivity index (χ0n) is 14.5. The quantitative estimate of drug-likeness (QED) is 0.790. The van der Waals surface area contributed by atoms with Gasteiger partial charge in [-0.25, -0.2) is 0 Å². The lowest BCUT2D eigenvalue weighted by Crippen LogP contribution is -2.31. The second-order valence-electron chi connectivity index (χ2n) is 6.91. The molecule has 0 saturated carbocycles. The van der Waals surface area contributed by atoms with Crippen LogP contribution in [0.15, 0.2) is 18.2 Å². The van der Waals surface area contributed by atoms with Crippen LogP contribution in [0.25, 0.3) is 0 Å². The molecule has 1 aliphatic rings. The van der Waals surface area contributed by atoms with Gasteiger partial charge in [-0.3, -0.25) is 0 Å². The summed E-state index contributed by atoms with van der Waals surface area (Å²) in [6.07, 6.45) is 2.81. The molecule has 22 heavy (non-hydrogen) atoms. The van der Waals surface area contributed by atoms with Gasteiger partial charge in [0.05, 0.1) is 12.7 Å². The van der Waals surface area contributed by atoms with Gasteiger partial charge >= 0.3 is 0 Å². The van der Waals surface area contributed by atoms with Crippen molar-refractivity contribution in [1.82, 2.24) is 5.32 Å². The first-order valence-corrected chi connectivity index (χ1v) is 8.62. The minimum atomic E-state index is 0.414. The Kier molecular flexibility index (Phi) is 6.71. The summed E-state index contributed by atoms with van der Waals surface area (Å²) in [5.41, 5.74) is 2.55. The molecule has 3 nitrogen and oxygen atoms in total. The molecule has 1 aliphatic heterocycles. The van der Waals surface area contributed by atoms with Crippen LogP contribution in [0.1, 0.15) is 50.7 Å². The first-order valence-electron chi connectivity index (χ1n) is 8.62. The van der Waals surface area contributed by atoms with Gasteiger partial charge in [-0.15, -0.1) is 0 Å². The van der Waals surface area contributed by atoms with Crippen LogP contribution in [-0.4, -0.2) is 32.4 Å². The molecule has 1 fully saturated rings. The molecule has 0 spiro atoms. The zero-order valence-corrected chi connectivity index (χ0v) is 14.5. The van der Waals surface area contributed by atoms with Crippen molar-refractivity contribution in [2.45, 2.75) is 52.6 Å². The van der Waals surface area contributed by atoms with Crippen LogP contribution >= 0.6 is 0 Å². The average Bonchev–Trinajstić information content (AvgIpc) is 2.98. The van der Waals surface area contributed by atoms with E-state index in [2.05, 4.69) is 51.2 Å². The summed E-state index contributed by atoms with van der Waals surface area (Å²) < 4.78 is 11.7. The molecule has 0 aromatic heterocycles. The number of nitrogens with one attached hydrogen (secondary N) is 1. The van der Waals surface area contributed by atoms with E-state index in [1.54, 1.807) is 0 Å². The molecule has 2 atom stereocenters. The SMILES string of the molecule is Cc1ccc(C(C)C)c(OC[C@@H](C)CNC[C@H]2CCCO2)c1. The highest BCUT2D eigenvalue weighted by atomic mass is 16.5. The summed E-state index contributed by atoms with van der Waals surface area (Å²) in [6.45, 7) is 12.4. The van der Waals surface area contributed by atoms with E-state index < -0.39 is 0 Å². The van der Waals surface area contributed by atoms with Crippen molar-refractivity contribution in [2.75, 3.05) is 26.3 Å². The fraction of sp³-hybridized carbons (Fsp3) is 0.684. The summed E-state index contributed by atoms with van der Waals surface area (Å²) in [5, 5.41) is 3.51. The lowest BCUT2D eigenvalue weighted by molar-refractivity contribution is 0.108. The lowest BCUT2D eigenvalue weighted by Gasteiger charge is -2.19. The van der Waals surface area contributed by atoms with Crippen molar-refractivity contribution in [1.29, 1.82) is 0 Å². The van der Waals surface area contributed by atoms with Gasteiger partial charge in [0.1, 0.15) is 5.75 Å². The first kappa shape index (κ1) is 17.3. The van der Waals surface area contributed by atoms with Gasteiger partial charge in [0.15, 0.2) is 0 Å². The van der Waals surface area contributed by atoms with Crippen LogP contribution in [0.3, 0.4) is 0 Å². The highest BCUT2D eigenvalue weighted by Crippen LogP contribution is 2.27. The van der Waals surface area contributed by atoms with E-state index in [1.165, 1.54) is 24.0 Å². The molecule has 1 aromatic carbocycles. The minimum absolute atomic E-state index is 0.414. The number of ether oxygens (including phenoxy) is 2. The predicted octanol–water partition coefficient (Wildman–Crippen LogP) is 3.90. The highest BCUT2D eigenvalue weighted by molar-refractivity contribution is 5.39. The summed E-state index contributed by atoms with van der Waals surface area (Å²) in [7, 11) is 0. The Bertz CT molecular complexity index is 453. The molecule has 0 radical (unpaired) electrons. The maximum absolute atomic E-state index is 6.09. The predicted molar refractivity (Wildman–Crippen MR) is 91.8 cm³/mol. The number of hydrogen-bond acceptors (Lipinski definition) is 3. The molecule has 1 saturated heterocycles. The highest BCUT2D eigenvalue weighted by Gasteiger charge is 2.15. The molecule has 124 valence electrons. The molecule has 1 N–H and O–H groups in total. The van der Waals surface area contributed by atoms with Crippen molar-refractivity contribution in [3.63, 3.8) is 0 Å². The van der Waals surface area contributed by atoms with Gasteiger partial charge < -0.3 is 14.8 Å². The van der Waals surface area contributed by atoms with Gasteiger partial charge in [-0.1, -0.05) is 32.9 Å². The average molecular weight is 305 g/mol. The van der Waals surface area contributed by atoms with E-state index in [0.717, 1.165) is 32.1 Å². The van der Waals surface area contributed by atoms with Gasteiger partial charge in [0.2, 0.25) is 0 Å². The third kappa shape index (κ3) is 5.29. The molecule has 1 heterocycles. The summed E-state index contributed by atoms with van der Waals surface area (Å²) in [6, 6.07) is 6.51. The van der Waals surface area contributed by atoms with Crippen LogP contribution in [0.5, 0.6) is 5.75 Å². The van der Waals surface area contributed by atoms with Gasteiger partial charge in [0, 0.05) is 25.6 Å². The van der Waals surface area contributed by atoms with E-state index in [4.69, 9.17) is 9.47 Å². The zero-order chi connectivity index (χ0) is 15.9. The Morgan fingerprint density at radius 1 is 1.32 bits per heavy atom. The van der Waals surface area contributed by atoms with Crippen LogP contribution in [0, 0.1) is 12.8 Å². The van der Waals surface area contributed by atoms with E-state index in [9.17, 15) is 0 Å². The Labute approximate surface area is 135 Å². The molecule has 1 aromatic rings. The van der Waals surface area contributed by atoms with Crippen molar-refractivity contribution >= 4 is 0 Å². The van der Waals surface area contributed by atoms with Crippen molar-refractivity contribution in [2.24, 2.45) is 5.92 Å². The molecule has 0 unspecified atom stereocenters. The number of rotatable bonds is 8. The van der Waals surface area contributed by atoms with Crippen LogP contribution in [0.4, 0.5) is 0 Å². The number of benzene rings is 1. The third-order valence-corrected chi connectivity index (χ3v) is 4.20. The van der Waals surface area contributed by atoms with E-state index in [1.807, 2.05) is 0 Å². The van der Waals surface area contributed by atoms with E-state index >= 15 is 0 Å². The standard InChI is InChI=1S/C19H31NO2/c1-14(2)18-8-7-15(3)10-19(18)22-13-16(4)11-20-12-17-6-5-9-21-17/h7-8,10,14,16-17,20H,5-6,9,11-13H2,1-4H3/t16-,17+/m0/s1. The Hall–Kier alpha value is -1.06. The van der Waals surface area contributed by atoms with Crippen molar-refractivity contribution in [3.8, 4) is 5.75 Å².